The third-order valence-corrected chi connectivity index (χ3v) is 5.24. The molecule has 1 atom stereocenters. The fourth-order valence-electron chi connectivity index (χ4n) is 3.70. The Morgan fingerprint density at radius 3 is 2.14 bits per heavy atom. The first-order valence-corrected chi connectivity index (χ1v) is 11.9. The minimum atomic E-state index is -0.676. The maximum Gasteiger partial charge on any atom is 0.326 e. The van der Waals surface area contributed by atoms with Gasteiger partial charge < -0.3 is 20.3 Å². The van der Waals surface area contributed by atoms with E-state index in [9.17, 15) is 14.4 Å². The summed E-state index contributed by atoms with van der Waals surface area (Å²) < 4.78 is 5.46. The first-order chi connectivity index (χ1) is 17.1. The number of hydrogen-bond acceptors (Lipinski definition) is 4. The van der Waals surface area contributed by atoms with E-state index in [4.69, 9.17) is 4.74 Å². The van der Waals surface area contributed by atoms with Crippen LogP contribution >= 0.6 is 0 Å². The number of benzene rings is 3. The van der Waals surface area contributed by atoms with Crippen LogP contribution in [0.4, 0.5) is 16.2 Å². The second kappa shape index (κ2) is 12.0. The molecular weight excluding hydrogens is 454 g/mol. The predicted molar refractivity (Wildman–Crippen MR) is 142 cm³/mol. The summed E-state index contributed by atoms with van der Waals surface area (Å²) in [6.45, 7) is 7.04. The van der Waals surface area contributed by atoms with E-state index in [2.05, 4.69) is 10.6 Å². The molecule has 3 aromatic rings. The number of rotatable bonds is 8. The van der Waals surface area contributed by atoms with E-state index < -0.39 is 23.6 Å². The number of nitrogens with zero attached hydrogens (tertiary/aromatic N) is 1. The summed E-state index contributed by atoms with van der Waals surface area (Å²) in [5.74, 6) is -0.835. The molecule has 0 aliphatic heterocycles. The first kappa shape index (κ1) is 26.5. The first-order valence-electron chi connectivity index (χ1n) is 11.9. The van der Waals surface area contributed by atoms with Gasteiger partial charge in [0.1, 0.15) is 12.1 Å². The average molecular weight is 488 g/mol. The number of ether oxygens (including phenoxy) is 1. The van der Waals surface area contributed by atoms with Crippen LogP contribution in [0.5, 0.6) is 0 Å². The molecule has 0 saturated heterocycles. The Hall–Kier alpha value is -4.13. The number of anilines is 2. The van der Waals surface area contributed by atoms with Crippen molar-refractivity contribution in [1.29, 1.82) is 0 Å². The van der Waals surface area contributed by atoms with Gasteiger partial charge in [-0.2, -0.15) is 0 Å². The van der Waals surface area contributed by atoms with Crippen molar-refractivity contribution < 1.29 is 19.1 Å². The number of urea groups is 1. The third kappa shape index (κ3) is 8.27. The van der Waals surface area contributed by atoms with E-state index in [0.717, 1.165) is 11.1 Å². The highest BCUT2D eigenvalue weighted by Crippen LogP contribution is 2.22. The molecule has 0 spiro atoms. The quantitative estimate of drug-likeness (QED) is 0.404. The van der Waals surface area contributed by atoms with Gasteiger partial charge in [-0.25, -0.2) is 4.79 Å². The molecule has 0 radical (unpaired) electrons. The van der Waals surface area contributed by atoms with Gasteiger partial charge in [-0.15, -0.1) is 0 Å². The zero-order chi connectivity index (χ0) is 26.1. The van der Waals surface area contributed by atoms with Crippen molar-refractivity contribution in [1.82, 2.24) is 5.32 Å². The molecule has 188 valence electrons. The molecule has 0 bridgehead atoms. The van der Waals surface area contributed by atoms with Crippen molar-refractivity contribution in [2.24, 2.45) is 0 Å². The number of nitrogens with one attached hydrogen (secondary N) is 2. The van der Waals surface area contributed by atoms with E-state index in [-0.39, 0.29) is 18.9 Å². The second-order valence-electron chi connectivity index (χ2n) is 9.54. The zero-order valence-corrected chi connectivity index (χ0v) is 21.2. The fourth-order valence-corrected chi connectivity index (χ4v) is 3.70. The SMILES string of the molecule is Cc1cccc(NC(=O)NC(CC(=O)N(CC(=O)OC(C)(C)C)c2ccccc2)c2ccccc2)c1. The Balaban J connectivity index is 1.81. The van der Waals surface area contributed by atoms with E-state index >= 15 is 0 Å². The topological polar surface area (TPSA) is 87.7 Å². The molecule has 0 aromatic heterocycles. The van der Waals surface area contributed by atoms with Crippen LogP contribution in [0.3, 0.4) is 0 Å². The van der Waals surface area contributed by atoms with Crippen LogP contribution in [0.25, 0.3) is 0 Å². The normalized spacial score (nSPS) is 11.8. The van der Waals surface area contributed by atoms with Gasteiger partial charge in [0, 0.05) is 11.4 Å². The molecule has 3 amide bonds. The number of carbonyl (C=O) groups excluding carboxylic acids is 3. The minimum Gasteiger partial charge on any atom is -0.459 e. The van der Waals surface area contributed by atoms with Crippen molar-refractivity contribution in [2.45, 2.75) is 45.8 Å². The summed E-state index contributed by atoms with van der Waals surface area (Å²) in [6, 6.07) is 24.6. The summed E-state index contributed by atoms with van der Waals surface area (Å²) >= 11 is 0. The number of aryl methyl sites for hydroxylation is 1. The van der Waals surface area contributed by atoms with Crippen LogP contribution in [0.15, 0.2) is 84.9 Å². The van der Waals surface area contributed by atoms with Crippen molar-refractivity contribution in [3.8, 4) is 0 Å². The van der Waals surface area contributed by atoms with Crippen LogP contribution in [-0.4, -0.2) is 30.1 Å². The van der Waals surface area contributed by atoms with Gasteiger partial charge in [-0.1, -0.05) is 60.7 Å². The lowest BCUT2D eigenvalue weighted by atomic mass is 10.0. The second-order valence-corrected chi connectivity index (χ2v) is 9.54. The van der Waals surface area contributed by atoms with Crippen molar-refractivity contribution >= 4 is 29.3 Å². The van der Waals surface area contributed by atoms with Gasteiger partial charge >= 0.3 is 12.0 Å². The van der Waals surface area contributed by atoms with Crippen LogP contribution in [0, 0.1) is 6.92 Å². The molecule has 0 fully saturated rings. The van der Waals surface area contributed by atoms with Crippen molar-refractivity contribution in [3.05, 3.63) is 96.1 Å². The maximum atomic E-state index is 13.6. The Bertz CT molecular complexity index is 1170. The Morgan fingerprint density at radius 2 is 1.53 bits per heavy atom. The van der Waals surface area contributed by atoms with Gasteiger partial charge in [0.05, 0.1) is 12.5 Å². The molecule has 3 aromatic carbocycles. The Morgan fingerprint density at radius 1 is 0.889 bits per heavy atom. The van der Waals surface area contributed by atoms with Gasteiger partial charge in [0.15, 0.2) is 0 Å². The third-order valence-electron chi connectivity index (χ3n) is 5.24. The van der Waals surface area contributed by atoms with E-state index in [1.165, 1.54) is 4.90 Å². The molecule has 0 aliphatic rings. The lowest BCUT2D eigenvalue weighted by molar-refractivity contribution is -0.153. The average Bonchev–Trinajstić information content (AvgIpc) is 2.82. The number of para-hydroxylation sites is 1. The largest absolute Gasteiger partial charge is 0.459 e. The summed E-state index contributed by atoms with van der Waals surface area (Å²) in [7, 11) is 0. The highest BCUT2D eigenvalue weighted by molar-refractivity contribution is 5.98. The van der Waals surface area contributed by atoms with Gasteiger partial charge in [-0.3, -0.25) is 9.59 Å². The fraction of sp³-hybridized carbons (Fsp3) is 0.276. The highest BCUT2D eigenvalue weighted by atomic mass is 16.6. The molecule has 3 rings (SSSR count). The molecule has 0 saturated carbocycles. The molecule has 1 unspecified atom stereocenters. The van der Waals surface area contributed by atoms with Crippen LogP contribution in [-0.2, 0) is 14.3 Å². The Labute approximate surface area is 212 Å². The molecule has 7 heteroatoms. The van der Waals surface area contributed by atoms with Crippen molar-refractivity contribution in [2.75, 3.05) is 16.8 Å². The smallest absolute Gasteiger partial charge is 0.326 e. The predicted octanol–water partition coefficient (Wildman–Crippen LogP) is 5.62. The number of hydrogen-bond donors (Lipinski definition) is 2. The highest BCUT2D eigenvalue weighted by Gasteiger charge is 2.27. The lowest BCUT2D eigenvalue weighted by Crippen LogP contribution is -2.41. The zero-order valence-electron chi connectivity index (χ0n) is 21.2. The molecule has 7 nitrogen and oxygen atoms in total. The lowest BCUT2D eigenvalue weighted by Gasteiger charge is -2.27. The van der Waals surface area contributed by atoms with Gasteiger partial charge in [0.25, 0.3) is 0 Å². The molecule has 0 aliphatic carbocycles. The van der Waals surface area contributed by atoms with Crippen LogP contribution in [0.2, 0.25) is 0 Å². The minimum absolute atomic E-state index is 0.0526. The van der Waals surface area contributed by atoms with Crippen LogP contribution in [0.1, 0.15) is 44.4 Å². The summed E-state index contributed by atoms with van der Waals surface area (Å²) in [6.07, 6.45) is -0.0526. The molecule has 36 heavy (non-hydrogen) atoms. The number of amides is 3. The van der Waals surface area contributed by atoms with E-state index in [1.807, 2.05) is 61.5 Å². The molecular formula is C29H33N3O4. The summed E-state index contributed by atoms with van der Waals surface area (Å²) in [5.41, 5.74) is 2.34. The monoisotopic (exact) mass is 487 g/mol. The molecule has 0 heterocycles. The van der Waals surface area contributed by atoms with E-state index in [1.54, 1.807) is 51.1 Å². The van der Waals surface area contributed by atoms with Gasteiger partial charge in [0.2, 0.25) is 5.91 Å². The Kier molecular flexibility index (Phi) is 8.84. The summed E-state index contributed by atoms with van der Waals surface area (Å²) in [5, 5.41) is 5.74. The standard InChI is InChI=1S/C29H33N3O4/c1-21-12-11-15-23(18-21)30-28(35)31-25(22-13-7-5-8-14-22)19-26(33)32(24-16-9-6-10-17-24)20-27(34)36-29(2,3)4/h5-18,25H,19-20H2,1-4H3,(H2,30,31,35). The maximum absolute atomic E-state index is 13.6. The van der Waals surface area contributed by atoms with E-state index in [0.29, 0.717) is 11.4 Å². The number of esters is 1. The van der Waals surface area contributed by atoms with Crippen molar-refractivity contribution in [3.63, 3.8) is 0 Å². The van der Waals surface area contributed by atoms with Crippen LogP contribution < -0.4 is 15.5 Å². The number of carbonyl (C=O) groups is 3. The van der Waals surface area contributed by atoms with Gasteiger partial charge in [-0.05, 0) is 63.1 Å². The molecule has 2 N–H and O–H groups in total. The summed E-state index contributed by atoms with van der Waals surface area (Å²) in [4.78, 5) is 40.4.